The van der Waals surface area contributed by atoms with E-state index in [4.69, 9.17) is 4.74 Å². The number of hydrogen-bond acceptors (Lipinski definition) is 3. The number of nitriles is 1. The fraction of sp³-hybridized carbons (Fsp3) is 0.188. The molecule has 0 aliphatic carbocycles. The molecule has 21 heavy (non-hydrogen) atoms. The van der Waals surface area contributed by atoms with Gasteiger partial charge in [-0.05, 0) is 36.4 Å². The number of ether oxygens (including phenoxy) is 1. The van der Waals surface area contributed by atoms with Gasteiger partial charge in [0.2, 0.25) is 0 Å². The molecule has 1 unspecified atom stereocenters. The maximum Gasteiger partial charge on any atom is 0.124 e. The van der Waals surface area contributed by atoms with Crippen LogP contribution < -0.4 is 10.1 Å². The zero-order chi connectivity index (χ0) is 14.8. The smallest absolute Gasteiger partial charge is 0.124 e. The van der Waals surface area contributed by atoms with E-state index >= 15 is 0 Å². The van der Waals surface area contributed by atoms with Crippen LogP contribution in [-0.2, 0) is 0 Å². The highest BCUT2D eigenvalue weighted by molar-refractivity contribution is 9.10. The summed E-state index contributed by atoms with van der Waals surface area (Å²) < 4.78 is 7.61. The van der Waals surface area contributed by atoms with E-state index in [-0.39, 0.29) is 6.04 Å². The fourth-order valence-electron chi connectivity index (χ4n) is 2.44. The van der Waals surface area contributed by atoms with Gasteiger partial charge in [0.25, 0.3) is 0 Å². The highest BCUT2D eigenvalue weighted by Crippen LogP contribution is 2.36. The molecule has 1 heterocycles. The van der Waals surface area contributed by atoms with Gasteiger partial charge < -0.3 is 10.1 Å². The second-order valence-corrected chi connectivity index (χ2v) is 6.65. The van der Waals surface area contributed by atoms with Gasteiger partial charge in [0.1, 0.15) is 11.8 Å². The third-order valence-electron chi connectivity index (χ3n) is 3.44. The zero-order valence-corrected chi connectivity index (χ0v) is 14.2. The van der Waals surface area contributed by atoms with E-state index in [0.29, 0.717) is 12.2 Å². The first kappa shape index (κ1) is 14.4. The summed E-state index contributed by atoms with van der Waals surface area (Å²) in [7, 11) is 0. The summed E-state index contributed by atoms with van der Waals surface area (Å²) in [6.07, 6.45) is 0.865. The Morgan fingerprint density at radius 1 is 1.14 bits per heavy atom. The van der Waals surface area contributed by atoms with Crippen LogP contribution in [0.1, 0.15) is 23.6 Å². The summed E-state index contributed by atoms with van der Waals surface area (Å²) in [6, 6.07) is 14.1. The van der Waals surface area contributed by atoms with Crippen molar-refractivity contribution < 1.29 is 4.74 Å². The first-order valence-corrected chi connectivity index (χ1v) is 8.14. The van der Waals surface area contributed by atoms with E-state index in [2.05, 4.69) is 49.3 Å². The molecule has 1 atom stereocenters. The second kappa shape index (κ2) is 6.08. The Bertz CT molecular complexity index is 725. The number of rotatable bonds is 2. The summed E-state index contributed by atoms with van der Waals surface area (Å²) in [6.45, 7) is 0.671. The number of halogens is 2. The SMILES string of the molecule is N#Cc1cc(Br)ccc1NC1CCOc2ccc(Br)cc21. The predicted octanol–water partition coefficient (Wildman–Crippen LogP) is 5.02. The molecule has 2 aromatic carbocycles. The van der Waals surface area contributed by atoms with Crippen molar-refractivity contribution in [2.75, 3.05) is 11.9 Å². The fourth-order valence-corrected chi connectivity index (χ4v) is 3.18. The number of benzene rings is 2. The van der Waals surface area contributed by atoms with Crippen LogP contribution in [0.5, 0.6) is 5.75 Å². The molecule has 0 spiro atoms. The molecule has 2 aromatic rings. The topological polar surface area (TPSA) is 45.0 Å². The standard InChI is InChI=1S/C16H12Br2N2O/c17-11-1-3-14(10(7-11)9-19)20-15-5-6-21-16-4-2-12(18)8-13(15)16/h1-4,7-8,15,20H,5-6H2. The molecular weight excluding hydrogens is 396 g/mol. The van der Waals surface area contributed by atoms with E-state index < -0.39 is 0 Å². The average Bonchev–Trinajstić information content (AvgIpc) is 2.49. The molecule has 0 radical (unpaired) electrons. The van der Waals surface area contributed by atoms with Crippen molar-refractivity contribution in [3.05, 3.63) is 56.5 Å². The quantitative estimate of drug-likeness (QED) is 0.760. The Hall–Kier alpha value is -1.51. The lowest BCUT2D eigenvalue weighted by atomic mass is 10.00. The summed E-state index contributed by atoms with van der Waals surface area (Å²) in [4.78, 5) is 0. The number of hydrogen-bond donors (Lipinski definition) is 1. The van der Waals surface area contributed by atoms with Crippen molar-refractivity contribution in [3.63, 3.8) is 0 Å². The van der Waals surface area contributed by atoms with Crippen molar-refractivity contribution in [2.24, 2.45) is 0 Å². The maximum absolute atomic E-state index is 9.27. The predicted molar refractivity (Wildman–Crippen MR) is 89.5 cm³/mol. The molecule has 0 saturated heterocycles. The third kappa shape index (κ3) is 3.07. The summed E-state index contributed by atoms with van der Waals surface area (Å²) in [5, 5.41) is 12.7. The summed E-state index contributed by atoms with van der Waals surface area (Å²) in [5.74, 6) is 0.901. The largest absolute Gasteiger partial charge is 0.493 e. The Labute approximate surface area is 140 Å². The van der Waals surface area contributed by atoms with Crippen molar-refractivity contribution in [3.8, 4) is 11.8 Å². The number of fused-ring (bicyclic) bond motifs is 1. The molecule has 106 valence electrons. The molecule has 0 bridgehead atoms. The van der Waals surface area contributed by atoms with Crippen LogP contribution in [0.2, 0.25) is 0 Å². The highest BCUT2D eigenvalue weighted by atomic mass is 79.9. The molecule has 0 saturated carbocycles. The van der Waals surface area contributed by atoms with E-state index in [1.165, 1.54) is 0 Å². The van der Waals surface area contributed by atoms with E-state index in [1.807, 2.05) is 30.3 Å². The van der Waals surface area contributed by atoms with Crippen molar-refractivity contribution >= 4 is 37.5 Å². The van der Waals surface area contributed by atoms with Gasteiger partial charge in [0, 0.05) is 20.9 Å². The lowest BCUT2D eigenvalue weighted by Crippen LogP contribution is -2.20. The Balaban J connectivity index is 1.94. The molecule has 0 fully saturated rings. The van der Waals surface area contributed by atoms with E-state index in [1.54, 1.807) is 0 Å². The number of anilines is 1. The average molecular weight is 408 g/mol. The van der Waals surface area contributed by atoms with Crippen LogP contribution in [0.3, 0.4) is 0 Å². The van der Waals surface area contributed by atoms with Crippen LogP contribution >= 0.6 is 31.9 Å². The second-order valence-electron chi connectivity index (χ2n) is 4.82. The van der Waals surface area contributed by atoms with Crippen LogP contribution in [0.15, 0.2) is 45.3 Å². The summed E-state index contributed by atoms with van der Waals surface area (Å²) in [5.41, 5.74) is 2.59. The normalized spacial score (nSPS) is 16.5. The van der Waals surface area contributed by atoms with Crippen LogP contribution in [0, 0.1) is 11.3 Å². The molecule has 1 N–H and O–H groups in total. The van der Waals surface area contributed by atoms with Crippen molar-refractivity contribution in [2.45, 2.75) is 12.5 Å². The van der Waals surface area contributed by atoms with E-state index in [9.17, 15) is 5.26 Å². The van der Waals surface area contributed by atoms with E-state index in [0.717, 1.165) is 32.4 Å². The van der Waals surface area contributed by atoms with Crippen LogP contribution in [0.4, 0.5) is 5.69 Å². The van der Waals surface area contributed by atoms with Crippen molar-refractivity contribution in [1.82, 2.24) is 0 Å². The minimum atomic E-state index is 0.138. The van der Waals surface area contributed by atoms with Crippen LogP contribution in [-0.4, -0.2) is 6.61 Å². The minimum Gasteiger partial charge on any atom is -0.493 e. The summed E-state index contributed by atoms with van der Waals surface area (Å²) >= 11 is 6.89. The monoisotopic (exact) mass is 406 g/mol. The minimum absolute atomic E-state index is 0.138. The van der Waals surface area contributed by atoms with Crippen molar-refractivity contribution in [1.29, 1.82) is 5.26 Å². The lowest BCUT2D eigenvalue weighted by molar-refractivity contribution is 0.274. The Kier molecular flexibility index (Phi) is 4.18. The maximum atomic E-state index is 9.27. The van der Waals surface area contributed by atoms with Gasteiger partial charge in [0.05, 0.1) is 23.9 Å². The Morgan fingerprint density at radius 2 is 1.90 bits per heavy atom. The Morgan fingerprint density at radius 3 is 2.71 bits per heavy atom. The molecule has 1 aliphatic heterocycles. The number of nitrogens with one attached hydrogen (secondary N) is 1. The number of nitrogens with zero attached hydrogens (tertiary/aromatic N) is 1. The molecule has 1 aliphatic rings. The molecule has 3 rings (SSSR count). The molecular formula is C16H12Br2N2O. The first-order valence-electron chi connectivity index (χ1n) is 6.56. The van der Waals surface area contributed by atoms with Gasteiger partial charge in [-0.3, -0.25) is 0 Å². The van der Waals surface area contributed by atoms with Gasteiger partial charge >= 0.3 is 0 Å². The third-order valence-corrected chi connectivity index (χ3v) is 4.43. The van der Waals surface area contributed by atoms with Gasteiger partial charge in [-0.25, -0.2) is 0 Å². The van der Waals surface area contributed by atoms with Gasteiger partial charge in [-0.2, -0.15) is 5.26 Å². The molecule has 0 amide bonds. The van der Waals surface area contributed by atoms with Gasteiger partial charge in [-0.1, -0.05) is 31.9 Å². The lowest BCUT2D eigenvalue weighted by Gasteiger charge is -2.28. The van der Waals surface area contributed by atoms with Gasteiger partial charge in [-0.15, -0.1) is 0 Å². The molecule has 0 aromatic heterocycles. The van der Waals surface area contributed by atoms with Crippen LogP contribution in [0.25, 0.3) is 0 Å². The van der Waals surface area contributed by atoms with Gasteiger partial charge in [0.15, 0.2) is 0 Å². The molecule has 5 heteroatoms. The first-order chi connectivity index (χ1) is 10.2. The molecule has 3 nitrogen and oxygen atoms in total. The highest BCUT2D eigenvalue weighted by Gasteiger charge is 2.22. The zero-order valence-electron chi connectivity index (χ0n) is 11.1.